The number of para-hydroxylation sites is 2. The lowest BCUT2D eigenvalue weighted by Gasteiger charge is -2.11. The van der Waals surface area contributed by atoms with E-state index in [9.17, 15) is 13.2 Å². The number of halogens is 4. The molecule has 2 heterocycles. The van der Waals surface area contributed by atoms with Crippen molar-refractivity contribution in [2.24, 2.45) is 0 Å². The van der Waals surface area contributed by atoms with E-state index in [0.717, 1.165) is 29.0 Å². The van der Waals surface area contributed by atoms with Gasteiger partial charge in [0.25, 0.3) is 0 Å². The summed E-state index contributed by atoms with van der Waals surface area (Å²) in [7, 11) is 0. The molecule has 0 amide bonds. The quantitative estimate of drug-likeness (QED) is 0.456. The maximum absolute atomic E-state index is 12.7. The number of anilines is 2. The predicted molar refractivity (Wildman–Crippen MR) is 101 cm³/mol. The Morgan fingerprint density at radius 1 is 0.964 bits per heavy atom. The van der Waals surface area contributed by atoms with Crippen molar-refractivity contribution in [3.63, 3.8) is 0 Å². The van der Waals surface area contributed by atoms with Crippen LogP contribution in [0.25, 0.3) is 16.9 Å². The highest BCUT2D eigenvalue weighted by molar-refractivity contribution is 6.29. The minimum Gasteiger partial charge on any atom is -0.324 e. The molecule has 4 aromatic rings. The van der Waals surface area contributed by atoms with Crippen LogP contribution in [0.5, 0.6) is 0 Å². The molecule has 142 valence electrons. The van der Waals surface area contributed by atoms with E-state index in [0.29, 0.717) is 11.5 Å². The first-order valence-corrected chi connectivity index (χ1v) is 8.62. The SMILES string of the molecule is Cc1nc2ccccc2n1-c1cc(Cl)nc(Nc2ccc(C(F)(F)F)cc2)n1. The molecule has 9 heteroatoms. The van der Waals surface area contributed by atoms with Gasteiger partial charge in [0.2, 0.25) is 5.95 Å². The van der Waals surface area contributed by atoms with Gasteiger partial charge in [-0.1, -0.05) is 23.7 Å². The molecular formula is C19H13ClF3N5. The summed E-state index contributed by atoms with van der Waals surface area (Å²) in [5.74, 6) is 1.39. The van der Waals surface area contributed by atoms with Crippen LogP contribution in [0.15, 0.2) is 54.6 Å². The second-order valence-corrected chi connectivity index (χ2v) is 6.44. The van der Waals surface area contributed by atoms with E-state index in [-0.39, 0.29) is 11.1 Å². The molecule has 0 bridgehead atoms. The van der Waals surface area contributed by atoms with Crippen LogP contribution in [0.4, 0.5) is 24.8 Å². The van der Waals surface area contributed by atoms with Gasteiger partial charge in [-0.2, -0.15) is 18.2 Å². The van der Waals surface area contributed by atoms with Crippen LogP contribution in [0, 0.1) is 6.92 Å². The van der Waals surface area contributed by atoms with Gasteiger partial charge in [-0.05, 0) is 43.3 Å². The maximum Gasteiger partial charge on any atom is 0.416 e. The van der Waals surface area contributed by atoms with Crippen molar-refractivity contribution in [2.45, 2.75) is 13.1 Å². The van der Waals surface area contributed by atoms with Gasteiger partial charge in [-0.25, -0.2) is 9.97 Å². The number of rotatable bonds is 3. The van der Waals surface area contributed by atoms with Crippen molar-refractivity contribution >= 4 is 34.3 Å². The zero-order valence-corrected chi connectivity index (χ0v) is 15.3. The zero-order chi connectivity index (χ0) is 19.9. The van der Waals surface area contributed by atoms with Crippen LogP contribution in [0.1, 0.15) is 11.4 Å². The van der Waals surface area contributed by atoms with Crippen LogP contribution in [0.3, 0.4) is 0 Å². The molecule has 1 N–H and O–H groups in total. The van der Waals surface area contributed by atoms with E-state index in [1.165, 1.54) is 12.1 Å². The molecule has 0 saturated carbocycles. The minimum absolute atomic E-state index is 0.166. The van der Waals surface area contributed by atoms with Gasteiger partial charge in [0, 0.05) is 11.8 Å². The van der Waals surface area contributed by atoms with Gasteiger partial charge < -0.3 is 5.32 Å². The second-order valence-electron chi connectivity index (χ2n) is 6.06. The van der Waals surface area contributed by atoms with Crippen LogP contribution in [0.2, 0.25) is 5.15 Å². The Bertz CT molecular complexity index is 1150. The van der Waals surface area contributed by atoms with E-state index in [4.69, 9.17) is 11.6 Å². The van der Waals surface area contributed by atoms with Crippen molar-refractivity contribution in [2.75, 3.05) is 5.32 Å². The fourth-order valence-electron chi connectivity index (χ4n) is 2.88. The van der Waals surface area contributed by atoms with Crippen molar-refractivity contribution in [3.8, 4) is 5.82 Å². The third-order valence-corrected chi connectivity index (χ3v) is 4.30. The van der Waals surface area contributed by atoms with Gasteiger partial charge >= 0.3 is 6.18 Å². The van der Waals surface area contributed by atoms with Gasteiger partial charge in [0.05, 0.1) is 16.6 Å². The van der Waals surface area contributed by atoms with Crippen molar-refractivity contribution < 1.29 is 13.2 Å². The summed E-state index contributed by atoms with van der Waals surface area (Å²) in [5, 5.41) is 3.08. The average Bonchev–Trinajstić information content (AvgIpc) is 2.96. The zero-order valence-electron chi connectivity index (χ0n) is 14.5. The highest BCUT2D eigenvalue weighted by Crippen LogP contribution is 2.30. The van der Waals surface area contributed by atoms with E-state index in [2.05, 4.69) is 20.3 Å². The maximum atomic E-state index is 12.7. The first-order valence-electron chi connectivity index (χ1n) is 8.24. The Morgan fingerprint density at radius 3 is 2.39 bits per heavy atom. The molecule has 0 spiro atoms. The molecule has 4 rings (SSSR count). The summed E-state index contributed by atoms with van der Waals surface area (Å²) < 4.78 is 39.9. The standard InChI is InChI=1S/C19H13ClF3N5/c1-11-24-14-4-2-3-5-15(14)28(11)17-10-16(20)26-18(27-17)25-13-8-6-12(7-9-13)19(21,22)23/h2-10H,1H3,(H,25,26,27). The molecule has 0 fully saturated rings. The monoisotopic (exact) mass is 403 g/mol. The lowest BCUT2D eigenvalue weighted by Crippen LogP contribution is -2.06. The first kappa shape index (κ1) is 18.2. The molecule has 0 aliphatic heterocycles. The van der Waals surface area contributed by atoms with E-state index in [1.807, 2.05) is 35.8 Å². The molecule has 0 atom stereocenters. The number of hydrogen-bond donors (Lipinski definition) is 1. The number of fused-ring (bicyclic) bond motifs is 1. The van der Waals surface area contributed by atoms with Crippen molar-refractivity contribution in [3.05, 3.63) is 71.1 Å². The minimum atomic E-state index is -4.39. The Morgan fingerprint density at radius 2 is 1.68 bits per heavy atom. The first-order chi connectivity index (χ1) is 13.3. The Balaban J connectivity index is 1.71. The summed E-state index contributed by atoms with van der Waals surface area (Å²) in [4.78, 5) is 13.1. The molecule has 0 radical (unpaired) electrons. The van der Waals surface area contributed by atoms with Crippen LogP contribution < -0.4 is 5.32 Å². The average molecular weight is 404 g/mol. The van der Waals surface area contributed by atoms with E-state index >= 15 is 0 Å². The normalized spacial score (nSPS) is 11.8. The van der Waals surface area contributed by atoms with Crippen LogP contribution >= 0.6 is 11.6 Å². The lowest BCUT2D eigenvalue weighted by molar-refractivity contribution is -0.137. The molecule has 2 aromatic carbocycles. The smallest absolute Gasteiger partial charge is 0.324 e. The fourth-order valence-corrected chi connectivity index (χ4v) is 3.06. The number of nitrogens with one attached hydrogen (secondary N) is 1. The predicted octanol–water partition coefficient (Wildman–Crippen LogP) is 5.54. The van der Waals surface area contributed by atoms with Gasteiger partial charge in [0.1, 0.15) is 16.8 Å². The molecule has 0 unspecified atom stereocenters. The molecule has 0 aliphatic rings. The second kappa shape index (κ2) is 6.79. The van der Waals surface area contributed by atoms with Crippen molar-refractivity contribution in [1.29, 1.82) is 0 Å². The largest absolute Gasteiger partial charge is 0.416 e. The number of hydrogen-bond acceptors (Lipinski definition) is 4. The summed E-state index contributed by atoms with van der Waals surface area (Å²) in [6.45, 7) is 1.85. The molecule has 0 saturated heterocycles. The third kappa shape index (κ3) is 3.50. The van der Waals surface area contributed by atoms with E-state index in [1.54, 1.807) is 6.07 Å². The summed E-state index contributed by atoms with van der Waals surface area (Å²) >= 11 is 6.15. The number of benzene rings is 2. The molecule has 2 aromatic heterocycles. The number of imidazole rings is 1. The molecule has 5 nitrogen and oxygen atoms in total. The third-order valence-electron chi connectivity index (χ3n) is 4.11. The summed E-state index contributed by atoms with van der Waals surface area (Å²) in [6.07, 6.45) is -4.39. The van der Waals surface area contributed by atoms with Gasteiger partial charge in [0.15, 0.2) is 0 Å². The summed E-state index contributed by atoms with van der Waals surface area (Å²) in [6, 6.07) is 13.8. The number of nitrogens with zero attached hydrogens (tertiary/aromatic N) is 4. The number of aryl methyl sites for hydroxylation is 1. The fraction of sp³-hybridized carbons (Fsp3) is 0.105. The van der Waals surface area contributed by atoms with Gasteiger partial charge in [-0.15, -0.1) is 0 Å². The van der Waals surface area contributed by atoms with E-state index < -0.39 is 11.7 Å². The highest BCUT2D eigenvalue weighted by atomic mass is 35.5. The highest BCUT2D eigenvalue weighted by Gasteiger charge is 2.29. The summed E-state index contributed by atoms with van der Waals surface area (Å²) in [5.41, 5.74) is 1.35. The molecule has 0 aliphatic carbocycles. The van der Waals surface area contributed by atoms with Crippen molar-refractivity contribution in [1.82, 2.24) is 19.5 Å². The van der Waals surface area contributed by atoms with Crippen LogP contribution in [-0.4, -0.2) is 19.5 Å². The molecule has 28 heavy (non-hydrogen) atoms. The number of aromatic nitrogens is 4. The Kier molecular flexibility index (Phi) is 4.43. The Labute approximate surface area is 162 Å². The van der Waals surface area contributed by atoms with Gasteiger partial charge in [-0.3, -0.25) is 4.57 Å². The van der Waals surface area contributed by atoms with Crippen LogP contribution in [-0.2, 0) is 6.18 Å². The topological polar surface area (TPSA) is 55.6 Å². The Hall–Kier alpha value is -3.13. The number of alkyl halides is 3. The lowest BCUT2D eigenvalue weighted by atomic mass is 10.2. The molecular weight excluding hydrogens is 391 g/mol.